The number of methoxy groups -OCH3 is 2. The molecule has 4 aromatic rings. The van der Waals surface area contributed by atoms with Gasteiger partial charge in [-0.2, -0.15) is 26.3 Å². The van der Waals surface area contributed by atoms with Crippen LogP contribution in [0.25, 0.3) is 34.4 Å². The van der Waals surface area contributed by atoms with Crippen molar-refractivity contribution in [3.8, 4) is 33.8 Å². The van der Waals surface area contributed by atoms with E-state index in [0.717, 1.165) is 24.3 Å². The second-order valence-electron chi connectivity index (χ2n) is 16.1. The summed E-state index contributed by atoms with van der Waals surface area (Å²) >= 11 is 0.242. The van der Waals surface area contributed by atoms with Crippen LogP contribution in [0.1, 0.15) is 36.1 Å². The molecule has 0 aromatic heterocycles. The predicted octanol–water partition coefficient (Wildman–Crippen LogP) is 8.66. The fraction of sp³-hybridized carbons (Fsp3) is 0.360. The van der Waals surface area contributed by atoms with Gasteiger partial charge in [0.05, 0.1) is 38.6 Å². The summed E-state index contributed by atoms with van der Waals surface area (Å²) < 4.78 is 117. The number of para-hydroxylation sites is 2. The number of halogens is 6. The van der Waals surface area contributed by atoms with Crippen LogP contribution in [-0.2, 0) is 41.0 Å². The molecule has 12 nitrogen and oxygen atoms in total. The monoisotopic (exact) mass is 982 g/mol. The van der Waals surface area contributed by atoms with Crippen LogP contribution in [0.4, 0.5) is 26.3 Å². The van der Waals surface area contributed by atoms with Crippen LogP contribution < -0.4 is 9.47 Å². The second kappa shape index (κ2) is 22.4. The molecule has 0 bridgehead atoms. The van der Waals surface area contributed by atoms with Crippen molar-refractivity contribution in [1.29, 1.82) is 0 Å². The number of nitrogens with zero attached hydrogens (tertiary/aromatic N) is 4. The van der Waals surface area contributed by atoms with Gasteiger partial charge < -0.3 is 38.5 Å². The van der Waals surface area contributed by atoms with Crippen molar-refractivity contribution < 1.29 is 64.5 Å². The number of rotatable bonds is 14. The Balaban J connectivity index is 1.55. The number of hydrogen-bond donors (Lipinski definition) is 0. The Hall–Kier alpha value is -6.31. The van der Waals surface area contributed by atoms with Gasteiger partial charge in [0.2, 0.25) is 11.8 Å². The summed E-state index contributed by atoms with van der Waals surface area (Å²) in [7, 11) is 5.89. The van der Waals surface area contributed by atoms with Crippen molar-refractivity contribution >= 4 is 47.7 Å². The van der Waals surface area contributed by atoms with Crippen LogP contribution in [0.5, 0.6) is 11.5 Å². The first-order chi connectivity index (χ1) is 32.8. The number of carbonyl (C=O) groups excluding carboxylic acids is 4. The Morgan fingerprint density at radius 3 is 1.32 bits per heavy atom. The highest BCUT2D eigenvalue weighted by Gasteiger charge is 2.42. The fourth-order valence-corrected chi connectivity index (χ4v) is 9.52. The maximum Gasteiger partial charge on any atom is 0.418 e. The molecule has 0 aliphatic carbocycles. The van der Waals surface area contributed by atoms with Crippen molar-refractivity contribution in [3.63, 3.8) is 0 Å². The number of ether oxygens (including phenoxy) is 4. The van der Waals surface area contributed by atoms with Crippen LogP contribution in [0.15, 0.2) is 94.7 Å². The molecule has 2 atom stereocenters. The standard InChI is InChI=1S/C50H52F6N4O8S/c1-7-67-37-15-11-9-13-33(37)43-31(19-23-41(61)59-27-25-57(3)29-35(59)47(63)65-5)17-21-39(45(43)49(51,52)53)69-40-22-18-32(20-24-42(62)60-28-26-58(4)30-36(60)48(64)66-6)44(46(40)50(54,55)56)34-14-10-12-16-38(34)68-8-2/h9-24,35-36H,7-8,25-30H2,1-6H3. The van der Waals surface area contributed by atoms with Gasteiger partial charge in [-0.05, 0) is 75.5 Å². The normalized spacial score (nSPS) is 17.3. The summed E-state index contributed by atoms with van der Waals surface area (Å²) in [5.74, 6) is -2.60. The van der Waals surface area contributed by atoms with Crippen LogP contribution in [0.2, 0.25) is 0 Å². The van der Waals surface area contributed by atoms with Gasteiger partial charge >= 0.3 is 24.3 Å². The second-order valence-corrected chi connectivity index (χ2v) is 17.2. The number of esters is 2. The summed E-state index contributed by atoms with van der Waals surface area (Å²) in [5, 5.41) is 0. The molecule has 2 unspecified atom stereocenters. The average molecular weight is 983 g/mol. The molecule has 2 heterocycles. The van der Waals surface area contributed by atoms with E-state index in [-0.39, 0.29) is 84.9 Å². The Morgan fingerprint density at radius 2 is 0.971 bits per heavy atom. The van der Waals surface area contributed by atoms with Crippen LogP contribution in [-0.4, -0.2) is 136 Å². The minimum Gasteiger partial charge on any atom is -0.493 e. The summed E-state index contributed by atoms with van der Waals surface area (Å²) in [6.45, 7) is 4.78. The third-order valence-corrected chi connectivity index (χ3v) is 12.7. The van der Waals surface area contributed by atoms with E-state index in [0.29, 0.717) is 13.1 Å². The molecule has 2 fully saturated rings. The number of carbonyl (C=O) groups is 4. The van der Waals surface area contributed by atoms with Gasteiger partial charge in [0.25, 0.3) is 0 Å². The number of likely N-dealkylation sites (N-methyl/N-ethyl adjacent to an activating group) is 2. The molecule has 2 amide bonds. The van der Waals surface area contributed by atoms with Gasteiger partial charge in [0, 0.05) is 83.5 Å². The molecule has 2 aliphatic rings. The number of benzene rings is 4. The van der Waals surface area contributed by atoms with E-state index in [9.17, 15) is 19.2 Å². The van der Waals surface area contributed by atoms with Crippen molar-refractivity contribution in [2.45, 2.75) is 48.1 Å². The molecular formula is C50H52F6N4O8S. The first kappa shape index (κ1) is 52.1. The zero-order valence-corrected chi connectivity index (χ0v) is 39.6. The highest BCUT2D eigenvalue weighted by Crippen LogP contribution is 2.52. The highest BCUT2D eigenvalue weighted by atomic mass is 32.2. The van der Waals surface area contributed by atoms with E-state index in [1.807, 2.05) is 9.80 Å². The van der Waals surface area contributed by atoms with Gasteiger partial charge in [-0.15, -0.1) is 0 Å². The van der Waals surface area contributed by atoms with E-state index in [2.05, 4.69) is 0 Å². The van der Waals surface area contributed by atoms with Crippen LogP contribution >= 0.6 is 11.8 Å². The first-order valence-electron chi connectivity index (χ1n) is 21.9. The molecule has 6 rings (SSSR count). The molecule has 0 N–H and O–H groups in total. The molecule has 2 aliphatic heterocycles. The summed E-state index contributed by atoms with van der Waals surface area (Å²) in [4.78, 5) is 57.8. The Morgan fingerprint density at radius 1 is 0.594 bits per heavy atom. The van der Waals surface area contributed by atoms with E-state index in [1.54, 1.807) is 40.1 Å². The lowest BCUT2D eigenvalue weighted by molar-refractivity contribution is -0.154. The molecule has 69 heavy (non-hydrogen) atoms. The minimum atomic E-state index is -5.20. The van der Waals surface area contributed by atoms with Crippen molar-refractivity contribution in [3.05, 3.63) is 107 Å². The van der Waals surface area contributed by atoms with Crippen molar-refractivity contribution in [2.24, 2.45) is 0 Å². The number of amides is 2. The van der Waals surface area contributed by atoms with E-state index < -0.39 is 80.2 Å². The lowest BCUT2D eigenvalue weighted by atomic mass is 9.92. The zero-order valence-electron chi connectivity index (χ0n) is 38.8. The van der Waals surface area contributed by atoms with Crippen molar-refractivity contribution in [1.82, 2.24) is 19.6 Å². The largest absolute Gasteiger partial charge is 0.493 e. The zero-order chi connectivity index (χ0) is 50.2. The Kier molecular flexibility index (Phi) is 16.9. The molecule has 0 saturated carbocycles. The van der Waals surface area contributed by atoms with Gasteiger partial charge in [-0.1, -0.05) is 60.3 Å². The third-order valence-electron chi connectivity index (χ3n) is 11.6. The molecule has 368 valence electrons. The van der Waals surface area contributed by atoms with Gasteiger partial charge in [0.15, 0.2) is 0 Å². The summed E-state index contributed by atoms with van der Waals surface area (Å²) in [6.07, 6.45) is -5.94. The van der Waals surface area contributed by atoms with Gasteiger partial charge in [-0.3, -0.25) is 9.59 Å². The quantitative estimate of drug-likeness (QED) is 0.0687. The van der Waals surface area contributed by atoms with Crippen LogP contribution in [0.3, 0.4) is 0 Å². The Labute approximate surface area is 400 Å². The maximum absolute atomic E-state index is 15.9. The maximum atomic E-state index is 15.9. The average Bonchev–Trinajstić information content (AvgIpc) is 3.31. The van der Waals surface area contributed by atoms with Gasteiger partial charge in [0.1, 0.15) is 23.6 Å². The van der Waals surface area contributed by atoms with Crippen LogP contribution in [0, 0.1) is 0 Å². The number of piperazine rings is 2. The summed E-state index contributed by atoms with van der Waals surface area (Å²) in [6, 6.07) is 14.5. The summed E-state index contributed by atoms with van der Waals surface area (Å²) in [5.41, 5.74) is -3.85. The lowest BCUT2D eigenvalue weighted by Gasteiger charge is -2.37. The number of hydrogen-bond acceptors (Lipinski definition) is 11. The van der Waals surface area contributed by atoms with E-state index in [4.69, 9.17) is 18.9 Å². The SMILES string of the molecule is CCOc1ccccc1-c1c(C=CC(=O)N2CCN(C)CC2C(=O)OC)ccc(Sc2ccc(C=CC(=O)N3CCN(C)CC3C(=O)OC)c(-c3ccccc3OCC)c2C(F)(F)F)c1C(F)(F)F. The Bertz CT molecular complexity index is 2430. The molecule has 0 radical (unpaired) electrons. The first-order valence-corrected chi connectivity index (χ1v) is 22.7. The molecule has 19 heteroatoms. The van der Waals surface area contributed by atoms with E-state index in [1.165, 1.54) is 84.7 Å². The third kappa shape index (κ3) is 11.9. The number of alkyl halides is 6. The molecule has 2 saturated heterocycles. The van der Waals surface area contributed by atoms with E-state index >= 15 is 26.3 Å². The highest BCUT2D eigenvalue weighted by molar-refractivity contribution is 7.99. The lowest BCUT2D eigenvalue weighted by Crippen LogP contribution is -2.57. The predicted molar refractivity (Wildman–Crippen MR) is 248 cm³/mol. The fourth-order valence-electron chi connectivity index (χ4n) is 8.37. The molecule has 4 aromatic carbocycles. The molecular weight excluding hydrogens is 931 g/mol. The minimum absolute atomic E-state index is 0.0458. The van der Waals surface area contributed by atoms with Crippen molar-refractivity contribution in [2.75, 3.05) is 80.8 Å². The smallest absolute Gasteiger partial charge is 0.418 e. The molecule has 0 spiro atoms. The van der Waals surface area contributed by atoms with Gasteiger partial charge in [-0.25, -0.2) is 9.59 Å². The topological polar surface area (TPSA) is 118 Å².